The normalized spacial score (nSPS) is 16.0. The van der Waals surface area contributed by atoms with Gasteiger partial charge < -0.3 is 9.64 Å². The van der Waals surface area contributed by atoms with Crippen molar-refractivity contribution in [1.82, 2.24) is 19.7 Å². The van der Waals surface area contributed by atoms with Gasteiger partial charge in [-0.05, 0) is 73.9 Å². The maximum atomic E-state index is 12.2. The number of benzene rings is 2. The third-order valence-electron chi connectivity index (χ3n) is 6.09. The summed E-state index contributed by atoms with van der Waals surface area (Å²) in [6, 6.07) is 18.1. The SMILES string of the molecule is C=CC(=O)N1CCC[C@H](n2nc(-c3ccc(Oc4cccc(C)c4)cc3)c3cnccc32)C1. The van der Waals surface area contributed by atoms with Gasteiger partial charge in [0, 0.05) is 36.4 Å². The van der Waals surface area contributed by atoms with Crippen molar-refractivity contribution in [2.24, 2.45) is 0 Å². The molecule has 166 valence electrons. The van der Waals surface area contributed by atoms with Crippen molar-refractivity contribution in [3.8, 4) is 22.8 Å². The Balaban J connectivity index is 1.45. The van der Waals surface area contributed by atoms with E-state index in [2.05, 4.69) is 16.2 Å². The topological polar surface area (TPSA) is 60.2 Å². The average Bonchev–Trinajstić information content (AvgIpc) is 3.24. The Kier molecular flexibility index (Phi) is 5.65. The molecule has 0 unspecified atom stereocenters. The van der Waals surface area contributed by atoms with Crippen LogP contribution in [-0.4, -0.2) is 38.7 Å². The number of nitrogens with zero attached hydrogens (tertiary/aromatic N) is 4. The van der Waals surface area contributed by atoms with Gasteiger partial charge in [0.2, 0.25) is 5.91 Å². The number of aromatic nitrogens is 3. The van der Waals surface area contributed by atoms with Gasteiger partial charge in [-0.25, -0.2) is 0 Å². The van der Waals surface area contributed by atoms with E-state index in [1.165, 1.54) is 6.08 Å². The van der Waals surface area contributed by atoms with Crippen molar-refractivity contribution in [2.45, 2.75) is 25.8 Å². The molecule has 0 bridgehead atoms. The third-order valence-corrected chi connectivity index (χ3v) is 6.09. The van der Waals surface area contributed by atoms with Crippen molar-refractivity contribution < 1.29 is 9.53 Å². The molecule has 6 nitrogen and oxygen atoms in total. The second-order valence-electron chi connectivity index (χ2n) is 8.41. The highest BCUT2D eigenvalue weighted by Gasteiger charge is 2.26. The maximum absolute atomic E-state index is 12.2. The average molecular weight is 439 g/mol. The predicted molar refractivity (Wildman–Crippen MR) is 129 cm³/mol. The second-order valence-corrected chi connectivity index (χ2v) is 8.41. The summed E-state index contributed by atoms with van der Waals surface area (Å²) in [4.78, 5) is 18.4. The highest BCUT2D eigenvalue weighted by molar-refractivity contribution is 5.93. The van der Waals surface area contributed by atoms with Gasteiger partial charge in [-0.1, -0.05) is 18.7 Å². The lowest BCUT2D eigenvalue weighted by molar-refractivity contribution is -0.127. The molecule has 0 aliphatic carbocycles. The molecule has 3 heterocycles. The molecule has 1 amide bonds. The fraction of sp³-hybridized carbons (Fsp3) is 0.222. The Morgan fingerprint density at radius 1 is 1.15 bits per heavy atom. The summed E-state index contributed by atoms with van der Waals surface area (Å²) in [5.41, 5.74) is 4.06. The molecule has 0 radical (unpaired) electrons. The molecule has 5 rings (SSSR count). The van der Waals surface area contributed by atoms with Gasteiger partial charge in [-0.2, -0.15) is 5.10 Å². The van der Waals surface area contributed by atoms with Gasteiger partial charge in [-0.15, -0.1) is 0 Å². The number of carbonyl (C=O) groups is 1. The van der Waals surface area contributed by atoms with Crippen LogP contribution >= 0.6 is 0 Å². The quantitative estimate of drug-likeness (QED) is 0.383. The van der Waals surface area contributed by atoms with Gasteiger partial charge in [0.05, 0.1) is 11.6 Å². The van der Waals surface area contributed by atoms with Gasteiger partial charge in [0.25, 0.3) is 0 Å². The smallest absolute Gasteiger partial charge is 0.246 e. The second kappa shape index (κ2) is 8.90. The standard InChI is InChI=1S/C27H26N4O2/c1-3-26(32)30-15-5-7-21(18-30)31-25-13-14-28-17-24(25)27(29-31)20-9-11-22(12-10-20)33-23-8-4-6-19(2)16-23/h3-4,6,8-14,16-17,21H,1,5,7,15,18H2,2H3/t21-/m0/s1. The van der Waals surface area contributed by atoms with Crippen LogP contribution in [0.4, 0.5) is 0 Å². The van der Waals surface area contributed by atoms with E-state index in [1.54, 1.807) is 6.20 Å². The van der Waals surface area contributed by atoms with E-state index in [4.69, 9.17) is 9.84 Å². The number of rotatable bonds is 5. The van der Waals surface area contributed by atoms with Crippen LogP contribution in [0, 0.1) is 6.92 Å². The van der Waals surface area contributed by atoms with E-state index in [0.29, 0.717) is 6.54 Å². The number of pyridine rings is 1. The van der Waals surface area contributed by atoms with Crippen LogP contribution in [0.15, 0.2) is 79.6 Å². The first-order chi connectivity index (χ1) is 16.1. The number of amides is 1. The Morgan fingerprint density at radius 2 is 2.00 bits per heavy atom. The van der Waals surface area contributed by atoms with Gasteiger partial charge >= 0.3 is 0 Å². The zero-order valence-corrected chi connectivity index (χ0v) is 18.6. The molecule has 33 heavy (non-hydrogen) atoms. The van der Waals surface area contributed by atoms with Crippen molar-refractivity contribution in [1.29, 1.82) is 0 Å². The summed E-state index contributed by atoms with van der Waals surface area (Å²) >= 11 is 0. The minimum Gasteiger partial charge on any atom is -0.457 e. The number of piperidine rings is 1. The summed E-state index contributed by atoms with van der Waals surface area (Å²) in [6.07, 6.45) is 6.96. The zero-order chi connectivity index (χ0) is 22.8. The Bertz CT molecular complexity index is 1310. The molecule has 1 aliphatic heterocycles. The number of hydrogen-bond donors (Lipinski definition) is 0. The van der Waals surface area contributed by atoms with E-state index >= 15 is 0 Å². The van der Waals surface area contributed by atoms with E-state index in [9.17, 15) is 4.79 Å². The molecule has 2 aromatic heterocycles. The van der Waals surface area contributed by atoms with Crippen molar-refractivity contribution in [3.05, 3.63) is 85.2 Å². The fourth-order valence-electron chi connectivity index (χ4n) is 4.46. The molecule has 0 spiro atoms. The first-order valence-corrected chi connectivity index (χ1v) is 11.2. The molecular formula is C27H26N4O2. The molecule has 0 saturated carbocycles. The van der Waals surface area contributed by atoms with Crippen LogP contribution in [0.1, 0.15) is 24.4 Å². The Labute approximate surface area is 193 Å². The largest absolute Gasteiger partial charge is 0.457 e. The zero-order valence-electron chi connectivity index (χ0n) is 18.6. The lowest BCUT2D eigenvalue weighted by Crippen LogP contribution is -2.40. The van der Waals surface area contributed by atoms with Crippen LogP contribution in [0.3, 0.4) is 0 Å². The summed E-state index contributed by atoms with van der Waals surface area (Å²) in [7, 11) is 0. The summed E-state index contributed by atoms with van der Waals surface area (Å²) in [5, 5.41) is 6.00. The number of likely N-dealkylation sites (tertiary alicyclic amines) is 1. The minimum absolute atomic E-state index is 0.0257. The van der Waals surface area contributed by atoms with E-state index < -0.39 is 0 Å². The molecular weight excluding hydrogens is 412 g/mol. The summed E-state index contributed by atoms with van der Waals surface area (Å²) in [5.74, 6) is 1.57. The van der Waals surface area contributed by atoms with Gasteiger partial charge in [-0.3, -0.25) is 14.5 Å². The van der Waals surface area contributed by atoms with Crippen LogP contribution in [0.5, 0.6) is 11.5 Å². The number of ether oxygens (including phenoxy) is 1. The first kappa shape index (κ1) is 20.9. The molecule has 1 saturated heterocycles. The van der Waals surface area contributed by atoms with Crippen molar-refractivity contribution in [2.75, 3.05) is 13.1 Å². The number of aryl methyl sites for hydroxylation is 1. The number of hydrogen-bond acceptors (Lipinski definition) is 4. The van der Waals surface area contributed by atoms with E-state index in [-0.39, 0.29) is 11.9 Å². The predicted octanol–water partition coefficient (Wildman–Crippen LogP) is 5.55. The third kappa shape index (κ3) is 4.24. The monoisotopic (exact) mass is 438 g/mol. The Hall–Kier alpha value is -3.93. The lowest BCUT2D eigenvalue weighted by Gasteiger charge is -2.32. The van der Waals surface area contributed by atoms with Gasteiger partial charge in [0.1, 0.15) is 17.2 Å². The molecule has 1 atom stereocenters. The Morgan fingerprint density at radius 3 is 2.79 bits per heavy atom. The molecule has 0 N–H and O–H groups in total. The number of fused-ring (bicyclic) bond motifs is 1. The van der Waals surface area contributed by atoms with Crippen LogP contribution < -0.4 is 4.74 Å². The fourth-order valence-corrected chi connectivity index (χ4v) is 4.46. The lowest BCUT2D eigenvalue weighted by atomic mass is 10.1. The molecule has 6 heteroatoms. The molecule has 2 aromatic carbocycles. The highest BCUT2D eigenvalue weighted by atomic mass is 16.5. The number of carbonyl (C=O) groups excluding carboxylic acids is 1. The minimum atomic E-state index is -0.0257. The van der Waals surface area contributed by atoms with Gasteiger partial charge in [0.15, 0.2) is 0 Å². The highest BCUT2D eigenvalue weighted by Crippen LogP contribution is 2.33. The van der Waals surface area contributed by atoms with Crippen molar-refractivity contribution in [3.63, 3.8) is 0 Å². The summed E-state index contributed by atoms with van der Waals surface area (Å²) < 4.78 is 8.06. The van der Waals surface area contributed by atoms with E-state index in [1.807, 2.05) is 72.6 Å². The molecule has 4 aromatic rings. The molecule has 1 aliphatic rings. The van der Waals surface area contributed by atoms with Crippen LogP contribution in [-0.2, 0) is 4.79 Å². The van der Waals surface area contributed by atoms with Crippen LogP contribution in [0.25, 0.3) is 22.2 Å². The maximum Gasteiger partial charge on any atom is 0.246 e. The van der Waals surface area contributed by atoms with E-state index in [0.717, 1.165) is 58.6 Å². The van der Waals surface area contributed by atoms with Crippen molar-refractivity contribution >= 4 is 16.8 Å². The van der Waals surface area contributed by atoms with Crippen LogP contribution in [0.2, 0.25) is 0 Å². The first-order valence-electron chi connectivity index (χ1n) is 11.2. The summed E-state index contributed by atoms with van der Waals surface area (Å²) in [6.45, 7) is 7.07. The molecule has 1 fully saturated rings.